The van der Waals surface area contributed by atoms with Crippen LogP contribution < -0.4 is 5.32 Å². The van der Waals surface area contributed by atoms with Gasteiger partial charge in [-0.25, -0.2) is 4.98 Å². The highest BCUT2D eigenvalue weighted by Crippen LogP contribution is 2.20. The minimum Gasteiger partial charge on any atom is -0.349 e. The highest BCUT2D eigenvalue weighted by Gasteiger charge is 2.20. The molecule has 0 aliphatic rings. The van der Waals surface area contributed by atoms with Gasteiger partial charge < -0.3 is 14.5 Å². The molecule has 5 heteroatoms. The van der Waals surface area contributed by atoms with Crippen molar-refractivity contribution in [2.45, 2.75) is 32.9 Å². The lowest BCUT2D eigenvalue weighted by Gasteiger charge is -2.19. The summed E-state index contributed by atoms with van der Waals surface area (Å²) in [4.78, 5) is 17.0. The van der Waals surface area contributed by atoms with E-state index in [4.69, 9.17) is 0 Å². The number of nitrogens with one attached hydrogen (secondary N) is 1. The van der Waals surface area contributed by atoms with Gasteiger partial charge in [-0.05, 0) is 31.5 Å². The van der Waals surface area contributed by atoms with Crippen LogP contribution in [0.25, 0.3) is 0 Å². The first-order valence-corrected chi connectivity index (χ1v) is 8.50. The standard InChI is InChI=1S/C20H24N4O/c1-15-9-10-16(2)24(15)13-11-18(25)22-19(17-7-5-4-6-8-17)20-21-12-14-23(20)3/h4-10,12,14,19H,11,13H2,1-3H3,(H,22,25). The molecule has 1 N–H and O–H groups in total. The summed E-state index contributed by atoms with van der Waals surface area (Å²) in [6.45, 7) is 4.80. The van der Waals surface area contributed by atoms with Gasteiger partial charge in [0, 0.05) is 43.8 Å². The van der Waals surface area contributed by atoms with Gasteiger partial charge in [0.25, 0.3) is 0 Å². The van der Waals surface area contributed by atoms with Crippen LogP contribution in [-0.4, -0.2) is 20.0 Å². The fourth-order valence-corrected chi connectivity index (χ4v) is 3.10. The zero-order valence-corrected chi connectivity index (χ0v) is 14.9. The molecule has 2 aromatic heterocycles. The molecule has 0 spiro atoms. The summed E-state index contributed by atoms with van der Waals surface area (Å²) in [5.74, 6) is 0.845. The van der Waals surface area contributed by atoms with Gasteiger partial charge in [-0.15, -0.1) is 0 Å². The van der Waals surface area contributed by atoms with E-state index >= 15 is 0 Å². The average molecular weight is 336 g/mol. The highest BCUT2D eigenvalue weighted by atomic mass is 16.1. The van der Waals surface area contributed by atoms with Crippen LogP contribution in [0.4, 0.5) is 0 Å². The maximum atomic E-state index is 12.6. The Kier molecular flexibility index (Phi) is 5.03. The summed E-state index contributed by atoms with van der Waals surface area (Å²) in [5, 5.41) is 3.14. The SMILES string of the molecule is Cc1ccc(C)n1CCC(=O)NC(c1ccccc1)c1nccn1C. The molecule has 2 heterocycles. The second kappa shape index (κ2) is 7.38. The first kappa shape index (κ1) is 17.0. The zero-order chi connectivity index (χ0) is 17.8. The number of hydrogen-bond donors (Lipinski definition) is 1. The fraction of sp³-hybridized carbons (Fsp3) is 0.300. The molecule has 0 aliphatic heterocycles. The van der Waals surface area contributed by atoms with E-state index in [2.05, 4.69) is 40.8 Å². The van der Waals surface area contributed by atoms with Crippen molar-refractivity contribution in [3.63, 3.8) is 0 Å². The second-order valence-electron chi connectivity index (χ2n) is 6.33. The second-order valence-corrected chi connectivity index (χ2v) is 6.33. The number of nitrogens with zero attached hydrogens (tertiary/aromatic N) is 3. The van der Waals surface area contributed by atoms with Crippen molar-refractivity contribution in [2.24, 2.45) is 7.05 Å². The molecular weight excluding hydrogens is 312 g/mol. The molecule has 1 atom stereocenters. The molecule has 0 saturated heterocycles. The quantitative estimate of drug-likeness (QED) is 0.752. The van der Waals surface area contributed by atoms with Crippen molar-refractivity contribution in [3.8, 4) is 0 Å². The average Bonchev–Trinajstić information content (AvgIpc) is 3.17. The summed E-state index contributed by atoms with van der Waals surface area (Å²) >= 11 is 0. The van der Waals surface area contributed by atoms with E-state index < -0.39 is 0 Å². The predicted octanol–water partition coefficient (Wildman–Crippen LogP) is 3.13. The first-order valence-electron chi connectivity index (χ1n) is 8.50. The van der Waals surface area contributed by atoms with Crippen LogP contribution in [0.3, 0.4) is 0 Å². The number of imidazole rings is 1. The van der Waals surface area contributed by atoms with Crippen LogP contribution in [0.5, 0.6) is 0 Å². The van der Waals surface area contributed by atoms with Crippen molar-refractivity contribution in [3.05, 3.63) is 77.6 Å². The Morgan fingerprint density at radius 3 is 2.40 bits per heavy atom. The molecule has 0 saturated carbocycles. The Morgan fingerprint density at radius 2 is 1.80 bits per heavy atom. The fourth-order valence-electron chi connectivity index (χ4n) is 3.10. The van der Waals surface area contributed by atoms with Crippen molar-refractivity contribution in [2.75, 3.05) is 0 Å². The van der Waals surface area contributed by atoms with E-state index in [0.717, 1.165) is 11.4 Å². The lowest BCUT2D eigenvalue weighted by atomic mass is 10.1. The topological polar surface area (TPSA) is 51.9 Å². The Balaban J connectivity index is 1.74. The largest absolute Gasteiger partial charge is 0.349 e. The molecular formula is C20H24N4O. The number of rotatable bonds is 6. The van der Waals surface area contributed by atoms with Crippen molar-refractivity contribution >= 4 is 5.91 Å². The maximum Gasteiger partial charge on any atom is 0.222 e. The van der Waals surface area contributed by atoms with E-state index in [1.54, 1.807) is 6.20 Å². The Morgan fingerprint density at radius 1 is 1.12 bits per heavy atom. The summed E-state index contributed by atoms with van der Waals surface area (Å²) in [7, 11) is 1.94. The van der Waals surface area contributed by atoms with Crippen LogP contribution >= 0.6 is 0 Å². The highest BCUT2D eigenvalue weighted by molar-refractivity contribution is 5.76. The Labute approximate surface area is 148 Å². The molecule has 0 radical (unpaired) electrons. The van der Waals surface area contributed by atoms with Crippen molar-refractivity contribution in [1.82, 2.24) is 19.4 Å². The van der Waals surface area contributed by atoms with Gasteiger partial charge in [-0.1, -0.05) is 30.3 Å². The van der Waals surface area contributed by atoms with Gasteiger partial charge in [-0.2, -0.15) is 0 Å². The summed E-state index contributed by atoms with van der Waals surface area (Å²) in [5.41, 5.74) is 3.38. The van der Waals surface area contributed by atoms with Gasteiger partial charge in [0.2, 0.25) is 5.91 Å². The van der Waals surface area contributed by atoms with Crippen LogP contribution in [0, 0.1) is 13.8 Å². The third-order valence-electron chi connectivity index (χ3n) is 4.53. The molecule has 130 valence electrons. The number of aromatic nitrogens is 3. The Hall–Kier alpha value is -2.82. The smallest absolute Gasteiger partial charge is 0.222 e. The third kappa shape index (κ3) is 3.82. The lowest BCUT2D eigenvalue weighted by molar-refractivity contribution is -0.121. The predicted molar refractivity (Wildman–Crippen MR) is 98.2 cm³/mol. The molecule has 3 aromatic rings. The van der Waals surface area contributed by atoms with E-state index in [0.29, 0.717) is 13.0 Å². The molecule has 5 nitrogen and oxygen atoms in total. The van der Waals surface area contributed by atoms with Crippen LogP contribution in [0.15, 0.2) is 54.9 Å². The zero-order valence-electron chi connectivity index (χ0n) is 14.9. The van der Waals surface area contributed by atoms with Gasteiger partial charge in [0.1, 0.15) is 11.9 Å². The molecule has 0 fully saturated rings. The van der Waals surface area contributed by atoms with Crippen molar-refractivity contribution < 1.29 is 4.79 Å². The van der Waals surface area contributed by atoms with E-state index in [-0.39, 0.29) is 11.9 Å². The first-order chi connectivity index (χ1) is 12.1. The van der Waals surface area contributed by atoms with E-state index in [9.17, 15) is 4.79 Å². The van der Waals surface area contributed by atoms with Crippen LogP contribution in [-0.2, 0) is 18.4 Å². The molecule has 25 heavy (non-hydrogen) atoms. The van der Waals surface area contributed by atoms with Crippen LogP contribution in [0.2, 0.25) is 0 Å². The summed E-state index contributed by atoms with van der Waals surface area (Å²) in [6.07, 6.45) is 4.08. The third-order valence-corrected chi connectivity index (χ3v) is 4.53. The van der Waals surface area contributed by atoms with Gasteiger partial charge in [0.05, 0.1) is 0 Å². The summed E-state index contributed by atoms with van der Waals surface area (Å²) < 4.78 is 4.11. The minimum absolute atomic E-state index is 0.0179. The molecule has 1 amide bonds. The van der Waals surface area contributed by atoms with E-state index in [1.165, 1.54) is 11.4 Å². The van der Waals surface area contributed by atoms with Gasteiger partial charge in [-0.3, -0.25) is 4.79 Å². The number of amides is 1. The minimum atomic E-state index is -0.249. The number of aryl methyl sites for hydroxylation is 3. The van der Waals surface area contributed by atoms with Crippen molar-refractivity contribution in [1.29, 1.82) is 0 Å². The Bertz CT molecular complexity index is 828. The maximum absolute atomic E-state index is 12.6. The molecule has 0 aliphatic carbocycles. The molecule has 0 bridgehead atoms. The molecule has 1 unspecified atom stereocenters. The molecule has 3 rings (SSSR count). The van der Waals surface area contributed by atoms with Gasteiger partial charge in [0.15, 0.2) is 0 Å². The number of carbonyl (C=O) groups is 1. The number of hydrogen-bond acceptors (Lipinski definition) is 2. The van der Waals surface area contributed by atoms with Crippen LogP contribution in [0.1, 0.15) is 35.2 Å². The van der Waals surface area contributed by atoms with E-state index in [1.807, 2.05) is 48.1 Å². The van der Waals surface area contributed by atoms with Gasteiger partial charge >= 0.3 is 0 Å². The number of benzene rings is 1. The summed E-state index contributed by atoms with van der Waals surface area (Å²) in [6, 6.07) is 13.9. The monoisotopic (exact) mass is 336 g/mol. The lowest BCUT2D eigenvalue weighted by Crippen LogP contribution is -2.31. The number of carbonyl (C=O) groups excluding carboxylic acids is 1. The normalized spacial score (nSPS) is 12.1. The molecule has 1 aromatic carbocycles.